The average Bonchev–Trinajstić information content (AvgIpc) is 2.68. The largest absolute Gasteiger partial charge is 0.491 e. The molecule has 0 aliphatic heterocycles. The third kappa shape index (κ3) is 10.3. The molecule has 158 valence electrons. The van der Waals surface area contributed by atoms with Crippen LogP contribution >= 0.6 is 0 Å². The fraction of sp³-hybridized carbons (Fsp3) is 0.364. The number of hydrogen-bond acceptors (Lipinski definition) is 5. The lowest BCUT2D eigenvalue weighted by Gasteiger charge is -2.12. The van der Waals surface area contributed by atoms with Crippen LogP contribution in [-0.4, -0.2) is 48.5 Å². The van der Waals surface area contributed by atoms with Crippen molar-refractivity contribution in [1.82, 2.24) is 5.32 Å². The second-order valence-electron chi connectivity index (χ2n) is 6.44. The van der Waals surface area contributed by atoms with Gasteiger partial charge in [-0.2, -0.15) is 0 Å². The number of carboxylic acid groups (broad SMARTS) is 2. The maximum Gasteiger partial charge on any atom is 0.414 e. The number of carboxylic acids is 2. The predicted octanol–water partition coefficient (Wildman–Crippen LogP) is 2.95. The molecule has 7 nitrogen and oxygen atoms in total. The smallest absolute Gasteiger partial charge is 0.414 e. The van der Waals surface area contributed by atoms with Crippen molar-refractivity contribution in [1.29, 1.82) is 0 Å². The van der Waals surface area contributed by atoms with E-state index in [0.29, 0.717) is 19.8 Å². The van der Waals surface area contributed by atoms with E-state index in [0.717, 1.165) is 18.8 Å². The molecule has 0 amide bonds. The van der Waals surface area contributed by atoms with Crippen molar-refractivity contribution in [2.45, 2.75) is 27.3 Å². The Balaban J connectivity index is 0.000000612. The highest BCUT2D eigenvalue weighted by atomic mass is 16.5. The molecule has 0 atom stereocenters. The second kappa shape index (κ2) is 13.3. The summed E-state index contributed by atoms with van der Waals surface area (Å²) < 4.78 is 11.4. The number of hydrogen-bond donors (Lipinski definition) is 3. The van der Waals surface area contributed by atoms with Crippen LogP contribution in [0.25, 0.3) is 0 Å². The molecule has 0 saturated carbocycles. The Labute approximate surface area is 171 Å². The van der Waals surface area contributed by atoms with Gasteiger partial charge in [0.15, 0.2) is 0 Å². The van der Waals surface area contributed by atoms with Gasteiger partial charge in [0.1, 0.15) is 12.4 Å². The first-order chi connectivity index (χ1) is 13.8. The zero-order valence-electron chi connectivity index (χ0n) is 17.1. The van der Waals surface area contributed by atoms with Crippen molar-refractivity contribution in [3.63, 3.8) is 0 Å². The monoisotopic (exact) mass is 403 g/mol. The molecule has 3 N–H and O–H groups in total. The van der Waals surface area contributed by atoms with E-state index in [1.807, 2.05) is 6.07 Å². The number of nitrogens with one attached hydrogen (secondary N) is 1. The Morgan fingerprint density at radius 2 is 1.59 bits per heavy atom. The number of aliphatic carboxylic acids is 2. The van der Waals surface area contributed by atoms with Crippen molar-refractivity contribution in [2.24, 2.45) is 0 Å². The standard InChI is InChI=1S/C20H27NO2.C2H2O4/c1-16-13-17(2)18(3)20(14-16)23-12-11-22-10-9-21-15-19-7-5-4-6-8-19;3-1(4)2(5)6/h4-8,13-14,21H,9-12,15H2,1-3H3;(H,3,4)(H,5,6). The molecular weight excluding hydrogens is 374 g/mol. The number of rotatable bonds is 9. The zero-order chi connectivity index (χ0) is 21.6. The van der Waals surface area contributed by atoms with Crippen LogP contribution < -0.4 is 10.1 Å². The van der Waals surface area contributed by atoms with E-state index in [1.54, 1.807) is 0 Å². The van der Waals surface area contributed by atoms with Gasteiger partial charge in [0.05, 0.1) is 13.2 Å². The number of ether oxygens (including phenoxy) is 2. The molecule has 0 fully saturated rings. The minimum atomic E-state index is -1.82. The van der Waals surface area contributed by atoms with Crippen molar-refractivity contribution < 1.29 is 29.3 Å². The number of benzene rings is 2. The van der Waals surface area contributed by atoms with Gasteiger partial charge in [-0.05, 0) is 49.1 Å². The molecule has 0 heterocycles. The SMILES string of the molecule is Cc1cc(C)c(C)c(OCCOCCNCc2ccccc2)c1.O=C(O)C(=O)O. The molecule has 0 spiro atoms. The van der Waals surface area contributed by atoms with Gasteiger partial charge in [-0.15, -0.1) is 0 Å². The van der Waals surface area contributed by atoms with E-state index in [1.165, 1.54) is 22.3 Å². The molecule has 2 aromatic rings. The van der Waals surface area contributed by atoms with Gasteiger partial charge in [0.2, 0.25) is 0 Å². The Kier molecular flexibility index (Phi) is 11.1. The number of aryl methyl sites for hydroxylation is 2. The zero-order valence-corrected chi connectivity index (χ0v) is 17.1. The fourth-order valence-corrected chi connectivity index (χ4v) is 2.44. The summed E-state index contributed by atoms with van der Waals surface area (Å²) >= 11 is 0. The molecule has 0 unspecified atom stereocenters. The molecule has 29 heavy (non-hydrogen) atoms. The maximum absolute atomic E-state index is 9.10. The first-order valence-electron chi connectivity index (χ1n) is 9.30. The van der Waals surface area contributed by atoms with Crippen LogP contribution in [0.4, 0.5) is 0 Å². The Hall–Kier alpha value is -2.90. The first-order valence-corrected chi connectivity index (χ1v) is 9.30. The van der Waals surface area contributed by atoms with Crippen molar-refractivity contribution >= 4 is 11.9 Å². The maximum atomic E-state index is 9.10. The van der Waals surface area contributed by atoms with Crippen LogP contribution in [0.1, 0.15) is 22.3 Å². The van der Waals surface area contributed by atoms with E-state index < -0.39 is 11.9 Å². The van der Waals surface area contributed by atoms with Crippen molar-refractivity contribution in [2.75, 3.05) is 26.4 Å². The minimum absolute atomic E-state index is 0.586. The highest BCUT2D eigenvalue weighted by Crippen LogP contribution is 2.23. The minimum Gasteiger partial charge on any atom is -0.491 e. The second-order valence-corrected chi connectivity index (χ2v) is 6.44. The van der Waals surface area contributed by atoms with Gasteiger partial charge in [0.25, 0.3) is 0 Å². The van der Waals surface area contributed by atoms with Gasteiger partial charge in [-0.25, -0.2) is 9.59 Å². The summed E-state index contributed by atoms with van der Waals surface area (Å²) in [4.78, 5) is 18.2. The molecule has 0 aliphatic carbocycles. The topological polar surface area (TPSA) is 105 Å². The number of carbonyl (C=O) groups is 2. The first kappa shape index (κ1) is 24.1. The highest BCUT2D eigenvalue weighted by molar-refractivity contribution is 6.27. The summed E-state index contributed by atoms with van der Waals surface area (Å²) in [6.45, 7) is 9.92. The highest BCUT2D eigenvalue weighted by Gasteiger charge is 2.04. The summed E-state index contributed by atoms with van der Waals surface area (Å²) in [5.74, 6) is -2.68. The third-order valence-corrected chi connectivity index (χ3v) is 4.03. The average molecular weight is 403 g/mol. The fourth-order valence-electron chi connectivity index (χ4n) is 2.44. The molecule has 0 radical (unpaired) electrons. The third-order valence-electron chi connectivity index (χ3n) is 4.03. The van der Waals surface area contributed by atoms with E-state index >= 15 is 0 Å². The van der Waals surface area contributed by atoms with Crippen molar-refractivity contribution in [3.05, 3.63) is 64.7 Å². The van der Waals surface area contributed by atoms with Crippen LogP contribution in [0.15, 0.2) is 42.5 Å². The van der Waals surface area contributed by atoms with E-state index in [-0.39, 0.29) is 0 Å². The van der Waals surface area contributed by atoms with Crippen LogP contribution in [0.2, 0.25) is 0 Å². The lowest BCUT2D eigenvalue weighted by Crippen LogP contribution is -2.20. The van der Waals surface area contributed by atoms with Crippen LogP contribution in [0, 0.1) is 20.8 Å². The van der Waals surface area contributed by atoms with E-state index in [2.05, 4.69) is 62.5 Å². The molecular formula is C22H29NO6. The van der Waals surface area contributed by atoms with Gasteiger partial charge in [-0.3, -0.25) is 0 Å². The molecule has 2 rings (SSSR count). The summed E-state index contributed by atoms with van der Waals surface area (Å²) in [6.07, 6.45) is 0. The van der Waals surface area contributed by atoms with Gasteiger partial charge >= 0.3 is 11.9 Å². The van der Waals surface area contributed by atoms with Gasteiger partial charge in [0, 0.05) is 13.1 Å². The van der Waals surface area contributed by atoms with Gasteiger partial charge < -0.3 is 25.0 Å². The summed E-state index contributed by atoms with van der Waals surface area (Å²) in [7, 11) is 0. The Bertz CT molecular complexity index is 764. The lowest BCUT2D eigenvalue weighted by atomic mass is 10.1. The lowest BCUT2D eigenvalue weighted by molar-refractivity contribution is -0.159. The van der Waals surface area contributed by atoms with E-state index in [4.69, 9.17) is 29.3 Å². The Morgan fingerprint density at radius 3 is 2.21 bits per heavy atom. The molecule has 0 saturated heterocycles. The van der Waals surface area contributed by atoms with Crippen molar-refractivity contribution in [3.8, 4) is 5.75 Å². The summed E-state index contributed by atoms with van der Waals surface area (Å²) in [5.41, 5.74) is 5.00. The summed E-state index contributed by atoms with van der Waals surface area (Å²) in [6, 6.07) is 14.6. The normalized spacial score (nSPS) is 10.0. The van der Waals surface area contributed by atoms with Gasteiger partial charge in [-0.1, -0.05) is 36.4 Å². The molecule has 0 bridgehead atoms. The molecule has 0 aromatic heterocycles. The molecule has 7 heteroatoms. The van der Waals surface area contributed by atoms with Crippen LogP contribution in [-0.2, 0) is 20.9 Å². The summed E-state index contributed by atoms with van der Waals surface area (Å²) in [5, 5.41) is 18.2. The quantitative estimate of drug-likeness (QED) is 0.437. The molecule has 2 aromatic carbocycles. The Morgan fingerprint density at radius 1 is 0.931 bits per heavy atom. The van der Waals surface area contributed by atoms with E-state index in [9.17, 15) is 0 Å². The predicted molar refractivity (Wildman–Crippen MR) is 110 cm³/mol. The molecule has 0 aliphatic rings. The van der Waals surface area contributed by atoms with Crippen LogP contribution in [0.3, 0.4) is 0 Å². The van der Waals surface area contributed by atoms with Crippen LogP contribution in [0.5, 0.6) is 5.75 Å².